The molecule has 0 spiro atoms. The lowest BCUT2D eigenvalue weighted by molar-refractivity contribution is -0.141. The summed E-state index contributed by atoms with van der Waals surface area (Å²) in [6, 6.07) is 7.48. The van der Waals surface area contributed by atoms with E-state index in [0.29, 0.717) is 4.90 Å². The number of benzene rings is 1. The Morgan fingerprint density at radius 2 is 1.69 bits per heavy atom. The summed E-state index contributed by atoms with van der Waals surface area (Å²) in [5.74, 6) is -0.357. The third-order valence-corrected chi connectivity index (χ3v) is 5.89. The van der Waals surface area contributed by atoms with Gasteiger partial charge in [-0.1, -0.05) is 49.7 Å². The highest BCUT2D eigenvalue weighted by molar-refractivity contribution is 9.10. The maximum Gasteiger partial charge on any atom is 0.320 e. The number of carbonyl (C=O) groups is 1. The minimum Gasteiger partial charge on any atom is -0.468 e. The number of allylic oxidation sites excluding steroid dienone is 1. The van der Waals surface area contributed by atoms with Crippen LogP contribution in [0.25, 0.3) is 0 Å². The lowest BCUT2D eigenvalue weighted by Gasteiger charge is -2.35. The number of rotatable bonds is 5. The monoisotopic (exact) mass is 490 g/mol. The molecule has 0 bridgehead atoms. The van der Waals surface area contributed by atoms with E-state index in [2.05, 4.69) is 34.5 Å². The van der Waals surface area contributed by atoms with Gasteiger partial charge in [0, 0.05) is 10.5 Å². The quantitative estimate of drug-likeness (QED) is 0.415. The van der Waals surface area contributed by atoms with Gasteiger partial charge in [-0.05, 0) is 64.2 Å². The molecule has 1 atom stereocenters. The minimum atomic E-state index is -1.37. The first kappa shape index (κ1) is 30.2. The van der Waals surface area contributed by atoms with Gasteiger partial charge in [0.1, 0.15) is 17.5 Å². The zero-order valence-corrected chi connectivity index (χ0v) is 21.5. The third-order valence-electron chi connectivity index (χ3n) is 3.84. The summed E-state index contributed by atoms with van der Waals surface area (Å²) >= 11 is 3.37. The molecule has 0 saturated carbocycles. The molecular weight excluding hydrogens is 452 g/mol. The number of carbonyl (C=O) groups excluding carboxylic acids is 1. The van der Waals surface area contributed by atoms with Crippen LogP contribution in [0.15, 0.2) is 46.3 Å². The first-order valence-electron chi connectivity index (χ1n) is 10.2. The molecule has 168 valence electrons. The number of nitrogens with zero attached hydrogens (tertiary/aromatic N) is 2. The summed E-state index contributed by atoms with van der Waals surface area (Å²) in [5.41, 5.74) is 0. The molecule has 0 aliphatic carbocycles. The molecule has 1 saturated heterocycles. The van der Waals surface area contributed by atoms with E-state index >= 15 is 0 Å². The van der Waals surface area contributed by atoms with Gasteiger partial charge in [-0.2, -0.15) is 0 Å². The highest BCUT2D eigenvalue weighted by Crippen LogP contribution is 2.22. The molecule has 1 heterocycles. The van der Waals surface area contributed by atoms with Crippen molar-refractivity contribution in [2.45, 2.75) is 58.4 Å². The minimum absolute atomic E-state index is 0.0492. The third kappa shape index (κ3) is 12.3. The molecule has 0 amide bonds. The molecule has 1 unspecified atom stereocenters. The summed E-state index contributed by atoms with van der Waals surface area (Å²) in [4.78, 5) is 14.6. The summed E-state index contributed by atoms with van der Waals surface area (Å²) < 4.78 is 20.4. The normalized spacial score (nSPS) is 14.8. The SMILES string of the molecule is C=CC.CC.CC.COC(=O)CN(C1CCN(C)CC1)S(=O)c1ccc(Br)cc1. The fourth-order valence-corrected chi connectivity index (χ4v) is 4.09. The van der Waals surface area contributed by atoms with Gasteiger partial charge in [0.25, 0.3) is 0 Å². The number of likely N-dealkylation sites (tertiary alicyclic amines) is 1. The highest BCUT2D eigenvalue weighted by atomic mass is 79.9. The van der Waals surface area contributed by atoms with Crippen LogP contribution in [0.2, 0.25) is 0 Å². The fraction of sp³-hybridized carbons (Fsp3) is 0.591. The van der Waals surface area contributed by atoms with E-state index in [1.807, 2.05) is 58.9 Å². The molecule has 29 heavy (non-hydrogen) atoms. The van der Waals surface area contributed by atoms with Crippen LogP contribution in [0.3, 0.4) is 0 Å². The number of methoxy groups -OCH3 is 1. The molecule has 0 radical (unpaired) electrons. The largest absolute Gasteiger partial charge is 0.468 e. The van der Waals surface area contributed by atoms with Crippen LogP contribution in [-0.4, -0.2) is 59.2 Å². The molecule has 1 aromatic rings. The van der Waals surface area contributed by atoms with Crippen LogP contribution in [0, 0.1) is 0 Å². The van der Waals surface area contributed by atoms with Crippen molar-refractivity contribution in [2.24, 2.45) is 0 Å². The zero-order chi connectivity index (χ0) is 22.8. The number of hydrogen-bond donors (Lipinski definition) is 0. The topological polar surface area (TPSA) is 49.9 Å². The van der Waals surface area contributed by atoms with E-state index in [9.17, 15) is 9.00 Å². The van der Waals surface area contributed by atoms with Crippen LogP contribution in [0.4, 0.5) is 0 Å². The molecule has 0 aromatic heterocycles. The standard InChI is InChI=1S/C15H21BrN2O3S.C3H6.2C2H6/c1-17-9-7-13(8-10-17)18(11-15(19)21-2)22(20)14-5-3-12(16)4-6-14;1-3-2;2*1-2/h3-6,13H,7-11H2,1-2H3;3H,1H2,2H3;2*1-2H3. The first-order valence-corrected chi connectivity index (χ1v) is 12.1. The number of halogens is 1. The molecule has 7 heteroatoms. The Balaban J connectivity index is 0. The molecular formula is C22H39BrN2O3S. The van der Waals surface area contributed by atoms with Gasteiger partial charge in [-0.3, -0.25) is 4.79 Å². The Labute approximate surface area is 189 Å². The van der Waals surface area contributed by atoms with E-state index in [0.717, 1.165) is 30.4 Å². The van der Waals surface area contributed by atoms with E-state index < -0.39 is 11.0 Å². The predicted octanol–water partition coefficient (Wildman–Crippen LogP) is 5.29. The van der Waals surface area contributed by atoms with Gasteiger partial charge in [-0.25, -0.2) is 8.51 Å². The molecule has 2 rings (SSSR count). The van der Waals surface area contributed by atoms with Crippen LogP contribution >= 0.6 is 15.9 Å². The summed E-state index contributed by atoms with van der Waals surface area (Å²) in [6.07, 6.45) is 3.55. The van der Waals surface area contributed by atoms with Crippen LogP contribution in [0.5, 0.6) is 0 Å². The molecule has 1 aliphatic heterocycles. The van der Waals surface area contributed by atoms with Gasteiger partial charge in [0.05, 0.1) is 12.0 Å². The number of esters is 1. The smallest absolute Gasteiger partial charge is 0.320 e. The van der Waals surface area contributed by atoms with Crippen molar-refractivity contribution in [3.8, 4) is 0 Å². The number of hydrogen-bond acceptors (Lipinski definition) is 4. The van der Waals surface area contributed by atoms with Crippen molar-refractivity contribution >= 4 is 32.9 Å². The molecule has 0 N–H and O–H groups in total. The van der Waals surface area contributed by atoms with E-state index in [1.54, 1.807) is 10.4 Å². The van der Waals surface area contributed by atoms with Crippen molar-refractivity contribution in [2.75, 3.05) is 33.8 Å². The number of piperidine rings is 1. The summed E-state index contributed by atoms with van der Waals surface area (Å²) in [6.45, 7) is 15.2. The first-order chi connectivity index (χ1) is 13.9. The van der Waals surface area contributed by atoms with Crippen molar-refractivity contribution in [3.63, 3.8) is 0 Å². The van der Waals surface area contributed by atoms with E-state index in [-0.39, 0.29) is 18.6 Å². The average Bonchev–Trinajstić information content (AvgIpc) is 2.76. The molecule has 1 aromatic carbocycles. The van der Waals surface area contributed by atoms with Crippen molar-refractivity contribution < 1.29 is 13.7 Å². The van der Waals surface area contributed by atoms with Gasteiger partial charge in [0.2, 0.25) is 0 Å². The van der Waals surface area contributed by atoms with Gasteiger partial charge < -0.3 is 9.64 Å². The van der Waals surface area contributed by atoms with Gasteiger partial charge in [-0.15, -0.1) is 6.58 Å². The second-order valence-electron chi connectivity index (χ2n) is 5.80. The van der Waals surface area contributed by atoms with Crippen LogP contribution < -0.4 is 0 Å². The zero-order valence-electron chi connectivity index (χ0n) is 19.1. The number of ether oxygens (including phenoxy) is 1. The van der Waals surface area contributed by atoms with Crippen molar-refractivity contribution in [1.29, 1.82) is 0 Å². The maximum absolute atomic E-state index is 12.9. The Hall–Kier alpha value is -1.02. The molecule has 1 aliphatic rings. The van der Waals surface area contributed by atoms with Crippen molar-refractivity contribution in [1.82, 2.24) is 9.21 Å². The molecule has 1 fully saturated rings. The van der Waals surface area contributed by atoms with Gasteiger partial charge >= 0.3 is 5.97 Å². The molecule has 5 nitrogen and oxygen atoms in total. The Morgan fingerprint density at radius 3 is 2.10 bits per heavy atom. The Kier molecular flexibility index (Phi) is 19.7. The summed E-state index contributed by atoms with van der Waals surface area (Å²) in [7, 11) is 2.07. The fourth-order valence-electron chi connectivity index (χ4n) is 2.48. The lowest BCUT2D eigenvalue weighted by Crippen LogP contribution is -2.46. The van der Waals surface area contributed by atoms with E-state index in [1.165, 1.54) is 7.11 Å². The average molecular weight is 492 g/mol. The lowest BCUT2D eigenvalue weighted by atomic mass is 10.1. The predicted molar refractivity (Wildman–Crippen MR) is 128 cm³/mol. The Bertz CT molecular complexity index is 574. The van der Waals surface area contributed by atoms with Crippen molar-refractivity contribution in [3.05, 3.63) is 41.4 Å². The van der Waals surface area contributed by atoms with Crippen LogP contribution in [-0.2, 0) is 20.5 Å². The van der Waals surface area contributed by atoms with E-state index in [4.69, 9.17) is 4.74 Å². The maximum atomic E-state index is 12.9. The highest BCUT2D eigenvalue weighted by Gasteiger charge is 2.29. The van der Waals surface area contributed by atoms with Gasteiger partial charge in [0.15, 0.2) is 0 Å². The Morgan fingerprint density at radius 1 is 1.24 bits per heavy atom. The second-order valence-corrected chi connectivity index (χ2v) is 8.15. The summed E-state index contributed by atoms with van der Waals surface area (Å²) in [5, 5.41) is 0. The van der Waals surface area contributed by atoms with Crippen LogP contribution in [0.1, 0.15) is 47.5 Å². The second kappa shape index (κ2) is 19.0.